The smallest absolute Gasteiger partial charge is 0.0241 e. The lowest BCUT2D eigenvalue weighted by Gasteiger charge is -2.32. The van der Waals surface area contributed by atoms with E-state index < -0.39 is 0 Å². The van der Waals surface area contributed by atoms with E-state index in [1.54, 1.807) is 0 Å². The van der Waals surface area contributed by atoms with Crippen molar-refractivity contribution in [2.45, 2.75) is 71.5 Å². The van der Waals surface area contributed by atoms with Crippen LogP contribution in [0.1, 0.15) is 58.6 Å². The van der Waals surface area contributed by atoms with Gasteiger partial charge in [-0.25, -0.2) is 0 Å². The van der Waals surface area contributed by atoms with Crippen LogP contribution in [0.15, 0.2) is 24.3 Å². The van der Waals surface area contributed by atoms with Crippen molar-refractivity contribution in [3.8, 4) is 0 Å². The lowest BCUT2D eigenvalue weighted by atomic mass is 9.99. The van der Waals surface area contributed by atoms with Gasteiger partial charge in [0.25, 0.3) is 0 Å². The minimum Gasteiger partial charge on any atom is -0.312 e. The number of hydrogen-bond acceptors (Lipinski definition) is 2. The van der Waals surface area contributed by atoms with Gasteiger partial charge in [-0.2, -0.15) is 0 Å². The molecule has 1 fully saturated rings. The number of nitrogens with one attached hydrogen (secondary N) is 1. The van der Waals surface area contributed by atoms with E-state index in [2.05, 4.69) is 69.1 Å². The third-order valence-electron chi connectivity index (χ3n) is 4.60. The molecule has 2 nitrogen and oxygen atoms in total. The molecule has 1 aliphatic rings. The van der Waals surface area contributed by atoms with Crippen LogP contribution in [0.5, 0.6) is 0 Å². The lowest BCUT2D eigenvalue weighted by Crippen LogP contribution is -2.38. The van der Waals surface area contributed by atoms with Crippen LogP contribution in [0.2, 0.25) is 0 Å². The van der Waals surface area contributed by atoms with Gasteiger partial charge in [0.15, 0.2) is 0 Å². The summed E-state index contributed by atoms with van der Waals surface area (Å²) in [6.45, 7) is 14.8. The Bertz CT molecular complexity index is 457. The Morgan fingerprint density at radius 1 is 1.14 bits per heavy atom. The predicted octanol–water partition coefficient (Wildman–Crippen LogP) is 3.99. The summed E-state index contributed by atoms with van der Waals surface area (Å²) in [5, 5.41) is 3.59. The molecule has 21 heavy (non-hydrogen) atoms. The van der Waals surface area contributed by atoms with E-state index in [-0.39, 0.29) is 5.54 Å². The van der Waals surface area contributed by atoms with Crippen LogP contribution in [0.3, 0.4) is 0 Å². The van der Waals surface area contributed by atoms with Gasteiger partial charge in [0.1, 0.15) is 0 Å². The number of nitrogens with zero attached hydrogens (tertiary/aromatic N) is 1. The summed E-state index contributed by atoms with van der Waals surface area (Å²) in [6, 6.07) is 8.95. The third kappa shape index (κ3) is 4.82. The number of hydrogen-bond donors (Lipinski definition) is 1. The molecule has 1 aromatic carbocycles. The molecular weight excluding hydrogens is 256 g/mol. The van der Waals surface area contributed by atoms with Crippen molar-refractivity contribution in [2.24, 2.45) is 0 Å². The standard InChI is InChI=1S/C19H32N2/c1-18(2,3)20-13-11-16-9-6-7-10-17(16)15-21-14-8-12-19(21,4)5/h6-7,9-10,20H,8,11-15H2,1-5H3. The van der Waals surface area contributed by atoms with Crippen LogP contribution in [0, 0.1) is 0 Å². The summed E-state index contributed by atoms with van der Waals surface area (Å²) in [7, 11) is 0. The van der Waals surface area contributed by atoms with Crippen molar-refractivity contribution in [3.05, 3.63) is 35.4 Å². The summed E-state index contributed by atoms with van der Waals surface area (Å²) in [5.74, 6) is 0. The minimum atomic E-state index is 0.200. The number of benzene rings is 1. The normalized spacial score (nSPS) is 19.1. The Morgan fingerprint density at radius 3 is 2.38 bits per heavy atom. The predicted molar refractivity (Wildman–Crippen MR) is 91.6 cm³/mol. The van der Waals surface area contributed by atoms with E-state index >= 15 is 0 Å². The van der Waals surface area contributed by atoms with Crippen LogP contribution in [-0.4, -0.2) is 29.1 Å². The zero-order valence-electron chi connectivity index (χ0n) is 14.5. The fourth-order valence-electron chi connectivity index (χ4n) is 3.19. The first-order chi connectivity index (χ1) is 9.78. The zero-order valence-corrected chi connectivity index (χ0v) is 14.5. The highest BCUT2D eigenvalue weighted by molar-refractivity contribution is 5.27. The molecule has 0 unspecified atom stereocenters. The largest absolute Gasteiger partial charge is 0.312 e. The number of rotatable bonds is 5. The SMILES string of the molecule is CC(C)(C)NCCc1ccccc1CN1CCCC1(C)C. The average molecular weight is 288 g/mol. The second-order valence-corrected chi connectivity index (χ2v) is 8.03. The van der Waals surface area contributed by atoms with Crippen molar-refractivity contribution in [3.63, 3.8) is 0 Å². The van der Waals surface area contributed by atoms with Gasteiger partial charge in [-0.15, -0.1) is 0 Å². The molecule has 1 N–H and O–H groups in total. The molecular formula is C19H32N2. The van der Waals surface area contributed by atoms with Crippen molar-refractivity contribution in [2.75, 3.05) is 13.1 Å². The Labute approximate surface area is 130 Å². The van der Waals surface area contributed by atoms with Crippen molar-refractivity contribution in [1.29, 1.82) is 0 Å². The monoisotopic (exact) mass is 288 g/mol. The minimum absolute atomic E-state index is 0.200. The molecule has 0 aliphatic carbocycles. The van der Waals surface area contributed by atoms with Crippen molar-refractivity contribution >= 4 is 0 Å². The van der Waals surface area contributed by atoms with Crippen molar-refractivity contribution < 1.29 is 0 Å². The van der Waals surface area contributed by atoms with Crippen LogP contribution >= 0.6 is 0 Å². The molecule has 118 valence electrons. The van der Waals surface area contributed by atoms with Crippen LogP contribution in [0.25, 0.3) is 0 Å². The highest BCUT2D eigenvalue weighted by atomic mass is 15.2. The molecule has 1 aromatic rings. The first-order valence-corrected chi connectivity index (χ1v) is 8.35. The molecule has 2 rings (SSSR count). The summed E-state index contributed by atoms with van der Waals surface area (Å²) >= 11 is 0. The summed E-state index contributed by atoms with van der Waals surface area (Å²) in [5.41, 5.74) is 3.56. The van der Waals surface area contributed by atoms with Gasteiger partial charge in [0.2, 0.25) is 0 Å². The van der Waals surface area contributed by atoms with E-state index in [1.807, 2.05) is 0 Å². The molecule has 1 aliphatic heterocycles. The molecule has 0 radical (unpaired) electrons. The van der Waals surface area contributed by atoms with E-state index in [0.717, 1.165) is 19.5 Å². The molecule has 0 aromatic heterocycles. The molecule has 1 saturated heterocycles. The molecule has 0 bridgehead atoms. The van der Waals surface area contributed by atoms with Gasteiger partial charge in [-0.3, -0.25) is 4.90 Å². The maximum absolute atomic E-state index is 3.59. The molecule has 0 spiro atoms. The molecule has 0 saturated carbocycles. The fraction of sp³-hybridized carbons (Fsp3) is 0.684. The van der Waals surface area contributed by atoms with Crippen LogP contribution in [-0.2, 0) is 13.0 Å². The van der Waals surface area contributed by atoms with Gasteiger partial charge in [-0.05, 0) is 78.1 Å². The quantitative estimate of drug-likeness (QED) is 0.881. The molecule has 0 atom stereocenters. The van der Waals surface area contributed by atoms with Gasteiger partial charge in [-0.1, -0.05) is 24.3 Å². The Hall–Kier alpha value is -0.860. The lowest BCUT2D eigenvalue weighted by molar-refractivity contribution is 0.166. The van der Waals surface area contributed by atoms with E-state index in [0.29, 0.717) is 5.54 Å². The first kappa shape index (κ1) is 16.5. The first-order valence-electron chi connectivity index (χ1n) is 8.35. The van der Waals surface area contributed by atoms with E-state index in [4.69, 9.17) is 0 Å². The van der Waals surface area contributed by atoms with Gasteiger partial charge in [0, 0.05) is 17.6 Å². The second-order valence-electron chi connectivity index (χ2n) is 8.03. The highest BCUT2D eigenvalue weighted by Gasteiger charge is 2.31. The molecule has 2 heteroatoms. The number of likely N-dealkylation sites (tertiary alicyclic amines) is 1. The maximum Gasteiger partial charge on any atom is 0.0241 e. The van der Waals surface area contributed by atoms with Crippen molar-refractivity contribution in [1.82, 2.24) is 10.2 Å². The Morgan fingerprint density at radius 2 is 1.81 bits per heavy atom. The Kier molecular flexibility index (Phi) is 5.11. The summed E-state index contributed by atoms with van der Waals surface area (Å²) < 4.78 is 0. The maximum atomic E-state index is 3.59. The summed E-state index contributed by atoms with van der Waals surface area (Å²) in [6.07, 6.45) is 3.77. The van der Waals surface area contributed by atoms with E-state index in [1.165, 1.54) is 30.5 Å². The Balaban J connectivity index is 2.00. The fourth-order valence-corrected chi connectivity index (χ4v) is 3.19. The van der Waals surface area contributed by atoms with Gasteiger partial charge < -0.3 is 5.32 Å². The average Bonchev–Trinajstić information content (AvgIpc) is 2.69. The highest BCUT2D eigenvalue weighted by Crippen LogP contribution is 2.30. The van der Waals surface area contributed by atoms with Crippen LogP contribution in [0.4, 0.5) is 0 Å². The van der Waals surface area contributed by atoms with E-state index in [9.17, 15) is 0 Å². The molecule has 1 heterocycles. The molecule has 0 amide bonds. The van der Waals surface area contributed by atoms with Crippen LogP contribution < -0.4 is 5.32 Å². The zero-order chi connectivity index (χ0) is 15.5. The topological polar surface area (TPSA) is 15.3 Å². The summed E-state index contributed by atoms with van der Waals surface area (Å²) in [4.78, 5) is 2.64. The second kappa shape index (κ2) is 6.50. The van der Waals surface area contributed by atoms with Gasteiger partial charge >= 0.3 is 0 Å². The third-order valence-corrected chi connectivity index (χ3v) is 4.60. The van der Waals surface area contributed by atoms with Gasteiger partial charge in [0.05, 0.1) is 0 Å².